The summed E-state index contributed by atoms with van der Waals surface area (Å²) in [6.07, 6.45) is 4.05. The number of ether oxygens (including phenoxy) is 3. The summed E-state index contributed by atoms with van der Waals surface area (Å²) in [5.74, 6) is 0.970. The molecule has 0 aliphatic carbocycles. The molecule has 1 N–H and O–H groups in total. The van der Waals surface area contributed by atoms with Gasteiger partial charge in [0.25, 0.3) is 0 Å². The number of amides is 1. The molecule has 10 nitrogen and oxygen atoms in total. The van der Waals surface area contributed by atoms with E-state index in [1.807, 2.05) is 32.9 Å². The average molecular weight is 667 g/mol. The number of piperidine rings is 1. The molecule has 3 aliphatic heterocycles. The van der Waals surface area contributed by atoms with Gasteiger partial charge in [0, 0.05) is 52.8 Å². The van der Waals surface area contributed by atoms with Gasteiger partial charge in [0.1, 0.15) is 35.8 Å². The molecular weight excluding hydrogens is 616 g/mol. The van der Waals surface area contributed by atoms with E-state index in [2.05, 4.69) is 52.6 Å². The van der Waals surface area contributed by atoms with E-state index in [4.69, 9.17) is 24.2 Å². The quantitative estimate of drug-likeness (QED) is 0.184. The number of carbonyl (C=O) groups is 1. The van der Waals surface area contributed by atoms with Crippen molar-refractivity contribution in [3.63, 3.8) is 0 Å². The van der Waals surface area contributed by atoms with Crippen LogP contribution in [0, 0.1) is 0 Å². The van der Waals surface area contributed by atoms with Gasteiger partial charge in [-0.3, -0.25) is 0 Å². The Labute approximate surface area is 279 Å². The van der Waals surface area contributed by atoms with Crippen molar-refractivity contribution in [2.45, 2.75) is 102 Å². The number of halogens is 1. The van der Waals surface area contributed by atoms with Gasteiger partial charge in [-0.2, -0.15) is 0 Å². The van der Waals surface area contributed by atoms with Gasteiger partial charge in [-0.05, 0) is 63.4 Å². The van der Waals surface area contributed by atoms with Gasteiger partial charge in [0.05, 0.1) is 36.4 Å². The molecule has 1 aromatic carbocycles. The van der Waals surface area contributed by atoms with Gasteiger partial charge in [0.2, 0.25) is 0 Å². The highest BCUT2D eigenvalue weighted by Crippen LogP contribution is 2.39. The summed E-state index contributed by atoms with van der Waals surface area (Å²) in [5.41, 5.74) is 1.78. The van der Waals surface area contributed by atoms with Crippen LogP contribution in [-0.4, -0.2) is 96.4 Å². The Kier molecular flexibility index (Phi) is 9.56. The molecular formula is C35H51FN6O4Si. The van der Waals surface area contributed by atoms with Gasteiger partial charge in [-0.15, -0.1) is 0 Å². The minimum absolute atomic E-state index is 0.181. The number of nitrogens with zero attached hydrogens (tertiary/aromatic N) is 5. The number of alkyl halides is 1. The van der Waals surface area contributed by atoms with Crippen molar-refractivity contribution in [3.05, 3.63) is 36.7 Å². The summed E-state index contributed by atoms with van der Waals surface area (Å²) >= 11 is 0. The summed E-state index contributed by atoms with van der Waals surface area (Å²) in [7, 11) is -1.24. The number of carbonyl (C=O) groups excluding carboxylic acids is 1. The summed E-state index contributed by atoms with van der Waals surface area (Å²) in [4.78, 5) is 26.0. The molecule has 0 saturated carbocycles. The molecule has 2 atom stereocenters. The third kappa shape index (κ3) is 7.92. The van der Waals surface area contributed by atoms with Gasteiger partial charge in [0.15, 0.2) is 0 Å². The van der Waals surface area contributed by atoms with Crippen molar-refractivity contribution in [2.75, 3.05) is 49.7 Å². The molecule has 3 aromatic rings. The summed E-state index contributed by atoms with van der Waals surface area (Å²) < 4.78 is 35.5. The SMILES string of the molecule is CC(C)(C)OC(=O)N1CCC(F)(CNc2ccc(-c3cc4c(N5C6CCC5COC6)ncnc4n3COCC[Si](C)(C)C)cc2)CC1. The summed E-state index contributed by atoms with van der Waals surface area (Å²) in [6, 6.07) is 12.1. The van der Waals surface area contributed by atoms with Crippen LogP contribution in [0.2, 0.25) is 25.7 Å². The topological polar surface area (TPSA) is 94.0 Å². The minimum Gasteiger partial charge on any atom is -0.444 e. The van der Waals surface area contributed by atoms with Gasteiger partial charge >= 0.3 is 6.09 Å². The van der Waals surface area contributed by atoms with Gasteiger partial charge < -0.3 is 33.9 Å². The molecule has 0 spiro atoms. The molecule has 6 rings (SSSR count). The standard InChI is InChI=1S/C35H51FN6O4Si/c1-34(2,3)46-33(43)40-15-13-35(36,14-16-40)22-37-26-9-7-25(8-10-26)30-19-29-31(41(30)24-44-17-18-47(4,5)6)38-23-39-32(29)42-27-11-12-28(42)21-45-20-27/h7-10,19,23,27-28,37H,11-18,20-22,24H2,1-6H3. The van der Waals surface area contributed by atoms with E-state index in [0.717, 1.165) is 65.9 Å². The molecule has 3 fully saturated rings. The Morgan fingerprint density at radius 2 is 1.77 bits per heavy atom. The van der Waals surface area contributed by atoms with E-state index in [-0.39, 0.29) is 25.5 Å². The lowest BCUT2D eigenvalue weighted by Gasteiger charge is -2.37. The van der Waals surface area contributed by atoms with Crippen LogP contribution in [0.25, 0.3) is 22.3 Å². The second kappa shape index (κ2) is 13.4. The number of rotatable bonds is 10. The third-order valence-electron chi connectivity index (χ3n) is 9.47. The predicted octanol–water partition coefficient (Wildman–Crippen LogP) is 6.93. The number of hydrogen-bond donors (Lipinski definition) is 1. The molecule has 3 aliphatic rings. The number of hydrogen-bond acceptors (Lipinski definition) is 8. The lowest BCUT2D eigenvalue weighted by Crippen LogP contribution is -2.48. The van der Waals surface area contributed by atoms with Crippen LogP contribution in [0.3, 0.4) is 0 Å². The highest BCUT2D eigenvalue weighted by Gasteiger charge is 2.40. The van der Waals surface area contributed by atoms with Crippen LogP contribution in [0.5, 0.6) is 0 Å². The zero-order valence-corrected chi connectivity index (χ0v) is 29.9. The Bertz CT molecular complexity index is 1530. The van der Waals surface area contributed by atoms with Crippen LogP contribution in [0.15, 0.2) is 36.7 Å². The fourth-order valence-corrected chi connectivity index (χ4v) is 7.50. The number of anilines is 2. The largest absolute Gasteiger partial charge is 0.444 e. The van der Waals surface area contributed by atoms with E-state index in [0.29, 0.717) is 38.5 Å². The zero-order chi connectivity index (χ0) is 33.4. The predicted molar refractivity (Wildman–Crippen MR) is 187 cm³/mol. The fourth-order valence-electron chi connectivity index (χ4n) is 6.75. The van der Waals surface area contributed by atoms with E-state index >= 15 is 4.39 Å². The van der Waals surface area contributed by atoms with E-state index in [1.165, 1.54) is 0 Å². The first kappa shape index (κ1) is 33.7. The second-order valence-corrected chi connectivity index (χ2v) is 21.2. The van der Waals surface area contributed by atoms with Crippen molar-refractivity contribution >= 4 is 36.7 Å². The molecule has 0 radical (unpaired) electrons. The van der Waals surface area contributed by atoms with E-state index < -0.39 is 19.3 Å². The lowest BCUT2D eigenvalue weighted by molar-refractivity contribution is 0.00575. The third-order valence-corrected chi connectivity index (χ3v) is 11.2. The summed E-state index contributed by atoms with van der Waals surface area (Å²) in [5, 5.41) is 4.33. The fraction of sp³-hybridized carbons (Fsp3) is 0.629. The van der Waals surface area contributed by atoms with Crippen molar-refractivity contribution in [2.24, 2.45) is 0 Å². The molecule has 5 heterocycles. The zero-order valence-electron chi connectivity index (χ0n) is 28.9. The Morgan fingerprint density at radius 3 is 2.40 bits per heavy atom. The Hall–Kier alpha value is -3.22. The maximum Gasteiger partial charge on any atom is 0.410 e. The van der Waals surface area contributed by atoms with Crippen LogP contribution in [0.1, 0.15) is 46.5 Å². The smallest absolute Gasteiger partial charge is 0.410 e. The Balaban J connectivity index is 1.18. The van der Waals surface area contributed by atoms with Crippen LogP contribution in [0.4, 0.5) is 20.7 Å². The first-order chi connectivity index (χ1) is 22.3. The molecule has 12 heteroatoms. The molecule has 256 valence electrons. The highest BCUT2D eigenvalue weighted by atomic mass is 28.3. The highest BCUT2D eigenvalue weighted by molar-refractivity contribution is 6.76. The molecule has 47 heavy (non-hydrogen) atoms. The molecule has 2 bridgehead atoms. The number of benzene rings is 1. The number of fused-ring (bicyclic) bond motifs is 3. The first-order valence-electron chi connectivity index (χ1n) is 17.1. The molecule has 3 saturated heterocycles. The van der Waals surface area contributed by atoms with E-state index in [9.17, 15) is 4.79 Å². The first-order valence-corrected chi connectivity index (χ1v) is 20.8. The van der Waals surface area contributed by atoms with Crippen LogP contribution < -0.4 is 10.2 Å². The monoisotopic (exact) mass is 666 g/mol. The van der Waals surface area contributed by atoms with Crippen LogP contribution in [-0.2, 0) is 20.9 Å². The number of aromatic nitrogens is 3. The average Bonchev–Trinajstić information content (AvgIpc) is 3.50. The maximum atomic E-state index is 15.7. The normalized spacial score (nSPS) is 21.3. The molecule has 1 amide bonds. The van der Waals surface area contributed by atoms with E-state index in [1.54, 1.807) is 11.2 Å². The number of nitrogens with one attached hydrogen (secondary N) is 1. The maximum absolute atomic E-state index is 15.7. The lowest BCUT2D eigenvalue weighted by atomic mass is 9.93. The van der Waals surface area contributed by atoms with Crippen molar-refractivity contribution in [1.29, 1.82) is 0 Å². The van der Waals surface area contributed by atoms with Crippen LogP contribution >= 0.6 is 0 Å². The number of likely N-dealkylation sites (tertiary alicyclic amines) is 1. The van der Waals surface area contributed by atoms with Crippen molar-refractivity contribution < 1.29 is 23.4 Å². The molecule has 2 unspecified atom stereocenters. The summed E-state index contributed by atoms with van der Waals surface area (Å²) in [6.45, 7) is 16.0. The molecule has 2 aromatic heterocycles. The Morgan fingerprint density at radius 1 is 1.09 bits per heavy atom. The van der Waals surface area contributed by atoms with Crippen molar-refractivity contribution in [1.82, 2.24) is 19.4 Å². The van der Waals surface area contributed by atoms with Crippen molar-refractivity contribution in [3.8, 4) is 11.3 Å². The number of morpholine rings is 1. The van der Waals surface area contributed by atoms with Gasteiger partial charge in [-0.1, -0.05) is 31.8 Å². The second-order valence-electron chi connectivity index (χ2n) is 15.6. The van der Waals surface area contributed by atoms with Gasteiger partial charge in [-0.25, -0.2) is 19.2 Å². The minimum atomic E-state index is -1.40.